The topological polar surface area (TPSA) is 77.4 Å². The fourth-order valence-corrected chi connectivity index (χ4v) is 6.54. The van der Waals surface area contributed by atoms with Crippen LogP contribution in [0.2, 0.25) is 5.02 Å². The lowest BCUT2D eigenvalue weighted by Crippen LogP contribution is -2.29. The molecule has 0 N–H and O–H groups in total. The molecule has 1 aliphatic rings. The molecule has 1 atom stereocenters. The van der Waals surface area contributed by atoms with E-state index in [1.54, 1.807) is 18.3 Å². The van der Waals surface area contributed by atoms with Crippen LogP contribution in [0, 0.1) is 6.92 Å². The number of halogens is 1. The lowest BCUT2D eigenvalue weighted by atomic mass is 9.91. The molecule has 4 aromatic rings. The molecule has 0 aliphatic carbocycles. The predicted molar refractivity (Wildman–Crippen MR) is 166 cm³/mol. The SMILES string of the molecule is CCOC(=O)C(OC(C)(C)C)c1c(C)cc2nc(-c3ccnc(C4CCN(C)CC4)n3)sc2c1-c1ccc(Cl)cc1. The first-order valence-corrected chi connectivity index (χ1v) is 15.3. The summed E-state index contributed by atoms with van der Waals surface area (Å²) in [4.78, 5) is 30.4. The standard InChI is InChI=1S/C32H37ClN4O3S/c1-7-39-31(38)27(40-32(3,4)5)25-19(2)18-24-28(26(25)20-8-10-22(33)11-9-20)41-30(36-24)23-12-15-34-29(35-23)21-13-16-37(6)17-14-21/h8-12,15,18,21,27H,7,13-14,16-17H2,1-6H3. The molecule has 2 aromatic heterocycles. The Balaban J connectivity index is 1.68. The van der Waals surface area contributed by atoms with Gasteiger partial charge in [0, 0.05) is 28.3 Å². The number of likely N-dealkylation sites (tertiary alicyclic amines) is 1. The molecule has 0 saturated carbocycles. The summed E-state index contributed by atoms with van der Waals surface area (Å²) in [6.45, 7) is 12.0. The van der Waals surface area contributed by atoms with Gasteiger partial charge in [0.25, 0.3) is 0 Å². The summed E-state index contributed by atoms with van der Waals surface area (Å²) in [6.07, 6.45) is 3.02. The van der Waals surface area contributed by atoms with Crippen molar-refractivity contribution in [2.24, 2.45) is 0 Å². The number of piperidine rings is 1. The van der Waals surface area contributed by atoms with E-state index < -0.39 is 17.7 Å². The van der Waals surface area contributed by atoms with Gasteiger partial charge in [-0.1, -0.05) is 23.7 Å². The minimum Gasteiger partial charge on any atom is -0.464 e. The second kappa shape index (κ2) is 12.1. The molecule has 3 heterocycles. The Morgan fingerprint density at radius 2 is 1.85 bits per heavy atom. The number of benzene rings is 2. The first-order chi connectivity index (χ1) is 19.5. The minimum atomic E-state index is -0.911. The van der Waals surface area contributed by atoms with Crippen molar-refractivity contribution in [2.45, 2.75) is 65.1 Å². The van der Waals surface area contributed by atoms with Gasteiger partial charge in [-0.2, -0.15) is 0 Å². The van der Waals surface area contributed by atoms with Crippen LogP contribution in [0.5, 0.6) is 0 Å². The Morgan fingerprint density at radius 3 is 2.51 bits per heavy atom. The maximum absolute atomic E-state index is 13.4. The van der Waals surface area contributed by atoms with Gasteiger partial charge in [-0.25, -0.2) is 19.7 Å². The Labute approximate surface area is 250 Å². The average Bonchev–Trinajstić information content (AvgIpc) is 3.35. The largest absolute Gasteiger partial charge is 0.464 e. The van der Waals surface area contributed by atoms with Crippen LogP contribution < -0.4 is 0 Å². The highest BCUT2D eigenvalue weighted by Gasteiger charge is 2.33. The van der Waals surface area contributed by atoms with Gasteiger partial charge in [-0.05, 0) is 103 Å². The predicted octanol–water partition coefficient (Wildman–Crippen LogP) is 7.61. The molecule has 1 saturated heterocycles. The van der Waals surface area contributed by atoms with E-state index in [4.69, 9.17) is 31.0 Å². The smallest absolute Gasteiger partial charge is 0.339 e. The number of ether oxygens (including phenoxy) is 2. The average molecular weight is 593 g/mol. The number of hydrogen-bond donors (Lipinski definition) is 0. The molecular formula is C32H37ClN4O3S. The summed E-state index contributed by atoms with van der Waals surface area (Å²) in [6, 6.07) is 11.6. The molecule has 2 aromatic carbocycles. The molecule has 9 heteroatoms. The van der Waals surface area contributed by atoms with E-state index in [2.05, 4.69) is 16.9 Å². The minimum absolute atomic E-state index is 0.262. The van der Waals surface area contributed by atoms with Gasteiger partial charge in [-0.15, -0.1) is 11.3 Å². The zero-order valence-electron chi connectivity index (χ0n) is 24.5. The van der Waals surface area contributed by atoms with Crippen molar-refractivity contribution in [3.05, 3.63) is 64.6 Å². The van der Waals surface area contributed by atoms with Gasteiger partial charge in [0.15, 0.2) is 6.10 Å². The van der Waals surface area contributed by atoms with E-state index >= 15 is 0 Å². The van der Waals surface area contributed by atoms with Crippen molar-refractivity contribution in [1.82, 2.24) is 19.9 Å². The van der Waals surface area contributed by atoms with Gasteiger partial charge in [0.05, 0.1) is 22.4 Å². The van der Waals surface area contributed by atoms with E-state index in [9.17, 15) is 4.79 Å². The molecule has 1 unspecified atom stereocenters. The summed E-state index contributed by atoms with van der Waals surface area (Å²) >= 11 is 7.84. The van der Waals surface area contributed by atoms with Crippen LogP contribution in [0.4, 0.5) is 0 Å². The second-order valence-electron chi connectivity index (χ2n) is 11.6. The van der Waals surface area contributed by atoms with Crippen molar-refractivity contribution in [3.63, 3.8) is 0 Å². The van der Waals surface area contributed by atoms with Crippen molar-refractivity contribution in [3.8, 4) is 21.8 Å². The zero-order valence-corrected chi connectivity index (χ0v) is 26.1. The van der Waals surface area contributed by atoms with Crippen LogP contribution in [-0.2, 0) is 14.3 Å². The summed E-state index contributed by atoms with van der Waals surface area (Å²) in [5.74, 6) is 0.813. The maximum Gasteiger partial charge on any atom is 0.339 e. The Kier molecular flexibility index (Phi) is 8.76. The molecule has 1 aliphatic heterocycles. The Bertz CT molecular complexity index is 1540. The third-order valence-electron chi connectivity index (χ3n) is 7.27. The monoisotopic (exact) mass is 592 g/mol. The van der Waals surface area contributed by atoms with Gasteiger partial charge < -0.3 is 14.4 Å². The number of fused-ring (bicyclic) bond motifs is 1. The lowest BCUT2D eigenvalue weighted by Gasteiger charge is -2.29. The number of thiazole rings is 1. The fraction of sp³-hybridized carbons (Fsp3) is 0.438. The number of carbonyl (C=O) groups is 1. The van der Waals surface area contributed by atoms with Crippen LogP contribution in [0.1, 0.15) is 69.5 Å². The van der Waals surface area contributed by atoms with Crippen molar-refractivity contribution < 1.29 is 14.3 Å². The first-order valence-electron chi connectivity index (χ1n) is 14.1. The molecule has 7 nitrogen and oxygen atoms in total. The molecule has 0 amide bonds. The molecular weight excluding hydrogens is 556 g/mol. The molecule has 216 valence electrons. The highest BCUT2D eigenvalue weighted by atomic mass is 35.5. The van der Waals surface area contributed by atoms with Gasteiger partial charge in [-0.3, -0.25) is 0 Å². The highest BCUT2D eigenvalue weighted by Crippen LogP contribution is 2.44. The summed E-state index contributed by atoms with van der Waals surface area (Å²) in [5.41, 5.74) is 4.56. The molecule has 41 heavy (non-hydrogen) atoms. The summed E-state index contributed by atoms with van der Waals surface area (Å²) in [5, 5.41) is 1.45. The summed E-state index contributed by atoms with van der Waals surface area (Å²) in [7, 11) is 2.15. The van der Waals surface area contributed by atoms with E-state index in [1.807, 2.05) is 70.3 Å². The maximum atomic E-state index is 13.4. The third-order valence-corrected chi connectivity index (χ3v) is 8.64. The fourth-order valence-electron chi connectivity index (χ4n) is 5.31. The molecule has 0 bridgehead atoms. The van der Waals surface area contributed by atoms with Gasteiger partial charge in [0.2, 0.25) is 0 Å². The summed E-state index contributed by atoms with van der Waals surface area (Å²) < 4.78 is 12.9. The molecule has 5 rings (SSSR count). The van der Waals surface area contributed by atoms with Crippen molar-refractivity contribution in [2.75, 3.05) is 26.7 Å². The quantitative estimate of drug-likeness (QED) is 0.204. The number of rotatable bonds is 7. The van der Waals surface area contributed by atoms with E-state index in [1.165, 1.54) is 0 Å². The van der Waals surface area contributed by atoms with Gasteiger partial charge >= 0.3 is 5.97 Å². The first kappa shape index (κ1) is 29.6. The number of nitrogens with zero attached hydrogens (tertiary/aromatic N) is 4. The van der Waals surface area contributed by atoms with Crippen LogP contribution >= 0.6 is 22.9 Å². The zero-order chi connectivity index (χ0) is 29.3. The normalized spacial score (nSPS) is 15.8. The highest BCUT2D eigenvalue weighted by molar-refractivity contribution is 7.22. The Hall–Kier alpha value is -2.91. The van der Waals surface area contributed by atoms with Crippen LogP contribution in [0.25, 0.3) is 32.0 Å². The van der Waals surface area contributed by atoms with Crippen LogP contribution in [-0.4, -0.2) is 58.2 Å². The number of carbonyl (C=O) groups excluding carboxylic acids is 1. The number of esters is 1. The van der Waals surface area contributed by atoms with Crippen LogP contribution in [0.15, 0.2) is 42.6 Å². The number of aromatic nitrogens is 3. The van der Waals surface area contributed by atoms with E-state index in [0.717, 1.165) is 74.9 Å². The lowest BCUT2D eigenvalue weighted by molar-refractivity contribution is -0.166. The van der Waals surface area contributed by atoms with Crippen molar-refractivity contribution in [1.29, 1.82) is 0 Å². The van der Waals surface area contributed by atoms with Crippen LogP contribution in [0.3, 0.4) is 0 Å². The van der Waals surface area contributed by atoms with E-state index in [0.29, 0.717) is 10.9 Å². The molecule has 1 fully saturated rings. The van der Waals surface area contributed by atoms with Gasteiger partial charge in [0.1, 0.15) is 16.5 Å². The Morgan fingerprint density at radius 1 is 1.15 bits per heavy atom. The van der Waals surface area contributed by atoms with Crippen molar-refractivity contribution >= 4 is 39.1 Å². The molecule has 0 radical (unpaired) electrons. The van der Waals surface area contributed by atoms with E-state index in [-0.39, 0.29) is 6.61 Å². The molecule has 0 spiro atoms. The third kappa shape index (κ3) is 6.61. The number of hydrogen-bond acceptors (Lipinski definition) is 8. The second-order valence-corrected chi connectivity index (χ2v) is 13.0. The number of aryl methyl sites for hydroxylation is 1.